The van der Waals surface area contributed by atoms with E-state index in [1.165, 1.54) is 5.56 Å². The summed E-state index contributed by atoms with van der Waals surface area (Å²) in [4.78, 5) is 32.1. The number of anilines is 1. The number of carbonyl (C=O) groups excluding carboxylic acids is 1. The Bertz CT molecular complexity index is 1270. The number of hydrogen-bond acceptors (Lipinski definition) is 5. The van der Waals surface area contributed by atoms with Crippen LogP contribution in [0.5, 0.6) is 0 Å². The lowest BCUT2D eigenvalue weighted by molar-refractivity contribution is -0.113. The highest BCUT2D eigenvalue weighted by Crippen LogP contribution is 2.27. The first-order valence-corrected chi connectivity index (χ1v) is 12.1. The summed E-state index contributed by atoms with van der Waals surface area (Å²) in [6.45, 7) is 12.8. The zero-order valence-corrected chi connectivity index (χ0v) is 21.3. The molecule has 0 radical (unpaired) electrons. The Kier molecular flexibility index (Phi) is 7.32. The minimum absolute atomic E-state index is 0.0143. The van der Waals surface area contributed by atoms with E-state index in [4.69, 9.17) is 0 Å². The molecule has 2 aromatic carbocycles. The van der Waals surface area contributed by atoms with Crippen LogP contribution in [0.25, 0.3) is 11.3 Å². The summed E-state index contributed by atoms with van der Waals surface area (Å²) in [6.07, 6.45) is 0. The Morgan fingerprint density at radius 2 is 1.50 bits per heavy atom. The van der Waals surface area contributed by atoms with E-state index in [9.17, 15) is 14.9 Å². The molecule has 0 unspecified atom stereocenters. The fourth-order valence-corrected chi connectivity index (χ4v) is 4.01. The number of nitrogens with zero attached hydrogens (tertiary/aromatic N) is 2. The summed E-state index contributed by atoms with van der Waals surface area (Å²) < 4.78 is 0. The Hall–Kier alpha value is -3.37. The summed E-state index contributed by atoms with van der Waals surface area (Å²) in [6, 6.07) is 17.4. The van der Waals surface area contributed by atoms with E-state index >= 15 is 0 Å². The lowest BCUT2D eigenvalue weighted by Gasteiger charge is -2.19. The van der Waals surface area contributed by atoms with E-state index in [1.54, 1.807) is 0 Å². The van der Waals surface area contributed by atoms with Crippen molar-refractivity contribution in [3.05, 3.63) is 75.6 Å². The maximum absolute atomic E-state index is 12.5. The molecule has 2 N–H and O–H groups in total. The summed E-state index contributed by atoms with van der Waals surface area (Å²) in [7, 11) is 0. The Balaban J connectivity index is 1.75. The number of amides is 1. The van der Waals surface area contributed by atoms with Gasteiger partial charge in [0.25, 0.3) is 5.56 Å². The molecule has 6 nitrogen and oxygen atoms in total. The van der Waals surface area contributed by atoms with E-state index in [2.05, 4.69) is 56.8 Å². The molecule has 0 fully saturated rings. The summed E-state index contributed by atoms with van der Waals surface area (Å²) in [5.74, 6) is -0.144. The molecule has 0 saturated heterocycles. The van der Waals surface area contributed by atoms with Gasteiger partial charge in [-0.15, -0.1) is 0 Å². The highest BCUT2D eigenvalue weighted by atomic mass is 32.2. The molecule has 1 amide bonds. The van der Waals surface area contributed by atoms with Crippen molar-refractivity contribution in [2.45, 2.75) is 57.5 Å². The van der Waals surface area contributed by atoms with Crippen LogP contribution in [0, 0.1) is 11.3 Å². The molecule has 7 heteroatoms. The molecule has 0 atom stereocenters. The van der Waals surface area contributed by atoms with Crippen LogP contribution >= 0.6 is 11.8 Å². The maximum Gasteiger partial charge on any atom is 0.270 e. The van der Waals surface area contributed by atoms with Crippen LogP contribution in [0.15, 0.2) is 58.5 Å². The van der Waals surface area contributed by atoms with Crippen molar-refractivity contribution in [1.29, 1.82) is 5.26 Å². The first-order chi connectivity index (χ1) is 15.9. The van der Waals surface area contributed by atoms with Crippen molar-refractivity contribution in [1.82, 2.24) is 9.97 Å². The van der Waals surface area contributed by atoms with Gasteiger partial charge in [0.2, 0.25) is 5.91 Å². The number of carbonyl (C=O) groups is 1. The third-order valence-electron chi connectivity index (χ3n) is 5.41. The summed E-state index contributed by atoms with van der Waals surface area (Å²) in [5.41, 5.74) is 3.48. The zero-order chi connectivity index (χ0) is 25.1. The lowest BCUT2D eigenvalue weighted by Crippen LogP contribution is -2.18. The fraction of sp³-hybridized carbons (Fsp3) is 0.333. The van der Waals surface area contributed by atoms with Crippen LogP contribution in [0.1, 0.15) is 58.2 Å². The molecule has 1 aromatic heterocycles. The van der Waals surface area contributed by atoms with Gasteiger partial charge in [0.05, 0.1) is 11.4 Å². The van der Waals surface area contributed by atoms with Gasteiger partial charge in [0.1, 0.15) is 11.6 Å². The van der Waals surface area contributed by atoms with Crippen molar-refractivity contribution in [2.24, 2.45) is 0 Å². The Morgan fingerprint density at radius 3 is 2.00 bits per heavy atom. The monoisotopic (exact) mass is 474 g/mol. The number of rotatable bonds is 5. The van der Waals surface area contributed by atoms with Crippen LogP contribution in [0.3, 0.4) is 0 Å². The third kappa shape index (κ3) is 6.15. The van der Waals surface area contributed by atoms with Crippen LogP contribution < -0.4 is 10.9 Å². The SMILES string of the molecule is CC(C)(C)c1ccc(NC(=O)CSc2nc(-c3ccc(C(C)(C)C)cc3)c(C#N)c(=O)[nH]2)cc1. The number of hydrogen-bond donors (Lipinski definition) is 2. The first kappa shape index (κ1) is 25.3. The molecule has 1 heterocycles. The quantitative estimate of drug-likeness (QED) is 0.369. The minimum Gasteiger partial charge on any atom is -0.325 e. The number of H-pyrrole nitrogens is 1. The number of nitriles is 1. The molecule has 34 heavy (non-hydrogen) atoms. The van der Waals surface area contributed by atoms with Crippen LogP contribution in [0.4, 0.5) is 5.69 Å². The smallest absolute Gasteiger partial charge is 0.270 e. The van der Waals surface area contributed by atoms with Gasteiger partial charge in [-0.1, -0.05) is 89.7 Å². The molecule has 0 spiro atoms. The largest absolute Gasteiger partial charge is 0.325 e. The second kappa shape index (κ2) is 9.86. The van der Waals surface area contributed by atoms with Crippen molar-refractivity contribution < 1.29 is 4.79 Å². The number of benzene rings is 2. The summed E-state index contributed by atoms with van der Waals surface area (Å²) >= 11 is 1.12. The van der Waals surface area contributed by atoms with E-state index in [1.807, 2.05) is 54.6 Å². The van der Waals surface area contributed by atoms with Gasteiger partial charge in [-0.05, 0) is 34.1 Å². The number of aromatic nitrogens is 2. The van der Waals surface area contributed by atoms with Gasteiger partial charge >= 0.3 is 0 Å². The molecule has 0 saturated carbocycles. The highest BCUT2D eigenvalue weighted by Gasteiger charge is 2.17. The van der Waals surface area contributed by atoms with Gasteiger partial charge in [-0.25, -0.2) is 4.98 Å². The molecule has 3 aromatic rings. The number of thioether (sulfide) groups is 1. The van der Waals surface area contributed by atoms with E-state index in [0.717, 1.165) is 17.3 Å². The van der Waals surface area contributed by atoms with Gasteiger partial charge in [-0.2, -0.15) is 5.26 Å². The molecular formula is C27H30N4O2S. The standard InChI is InChI=1S/C27H30N4O2S/c1-26(2,3)18-9-7-17(8-10-18)23-21(15-28)24(33)31-25(30-23)34-16-22(32)29-20-13-11-19(12-14-20)27(4,5)6/h7-14H,16H2,1-6H3,(H,29,32)(H,30,31,33). The zero-order valence-electron chi connectivity index (χ0n) is 20.4. The fourth-order valence-electron chi connectivity index (χ4n) is 3.35. The lowest BCUT2D eigenvalue weighted by atomic mass is 9.86. The van der Waals surface area contributed by atoms with Crippen LogP contribution in [-0.2, 0) is 15.6 Å². The minimum atomic E-state index is -0.520. The average Bonchev–Trinajstić information content (AvgIpc) is 2.76. The highest BCUT2D eigenvalue weighted by molar-refractivity contribution is 7.99. The van der Waals surface area contributed by atoms with Crippen molar-refractivity contribution >= 4 is 23.4 Å². The third-order valence-corrected chi connectivity index (χ3v) is 6.28. The van der Waals surface area contributed by atoms with Crippen LogP contribution in [-0.4, -0.2) is 21.6 Å². The van der Waals surface area contributed by atoms with Crippen molar-refractivity contribution in [3.63, 3.8) is 0 Å². The Morgan fingerprint density at radius 1 is 0.971 bits per heavy atom. The predicted octanol–water partition coefficient (Wildman–Crippen LogP) is 5.63. The molecule has 0 aliphatic heterocycles. The molecule has 176 valence electrons. The van der Waals surface area contributed by atoms with E-state index < -0.39 is 5.56 Å². The van der Waals surface area contributed by atoms with Gasteiger partial charge < -0.3 is 10.3 Å². The topological polar surface area (TPSA) is 98.6 Å². The molecule has 0 aliphatic carbocycles. The second-order valence-corrected chi connectivity index (χ2v) is 11.2. The number of aromatic amines is 1. The van der Waals surface area contributed by atoms with Gasteiger partial charge in [0.15, 0.2) is 5.16 Å². The molecular weight excluding hydrogens is 444 g/mol. The molecule has 3 rings (SSSR count). The van der Waals surface area contributed by atoms with Gasteiger partial charge in [-0.3, -0.25) is 9.59 Å². The first-order valence-electron chi connectivity index (χ1n) is 11.1. The number of nitrogens with one attached hydrogen (secondary N) is 2. The van der Waals surface area contributed by atoms with Crippen LogP contribution in [0.2, 0.25) is 0 Å². The van der Waals surface area contributed by atoms with Crippen molar-refractivity contribution in [2.75, 3.05) is 11.1 Å². The summed E-state index contributed by atoms with van der Waals surface area (Å²) in [5, 5.41) is 12.7. The normalized spacial score (nSPS) is 11.7. The predicted molar refractivity (Wildman–Crippen MR) is 138 cm³/mol. The Labute approximate surface area is 204 Å². The maximum atomic E-state index is 12.5. The van der Waals surface area contributed by atoms with E-state index in [0.29, 0.717) is 16.9 Å². The molecule has 0 bridgehead atoms. The van der Waals surface area contributed by atoms with Gasteiger partial charge in [0, 0.05) is 11.3 Å². The average molecular weight is 475 g/mol. The molecule has 0 aliphatic rings. The second-order valence-electron chi connectivity index (χ2n) is 10.2. The van der Waals surface area contributed by atoms with E-state index in [-0.39, 0.29) is 33.2 Å². The van der Waals surface area contributed by atoms with Crippen molar-refractivity contribution in [3.8, 4) is 17.3 Å².